The largest absolute Gasteiger partial charge is 0.363 e. The zero-order valence-corrected chi connectivity index (χ0v) is 9.98. The van der Waals surface area contributed by atoms with E-state index in [9.17, 15) is 0 Å². The first-order valence-corrected chi connectivity index (χ1v) is 5.76. The number of anilines is 1. The van der Waals surface area contributed by atoms with Crippen molar-refractivity contribution >= 4 is 5.82 Å². The molecule has 0 saturated carbocycles. The van der Waals surface area contributed by atoms with Crippen molar-refractivity contribution < 1.29 is 0 Å². The Morgan fingerprint density at radius 2 is 2.06 bits per heavy atom. The molecule has 0 bridgehead atoms. The van der Waals surface area contributed by atoms with Crippen LogP contribution in [-0.4, -0.2) is 25.1 Å². The second-order valence-corrected chi connectivity index (χ2v) is 4.44. The number of nitrogens with one attached hydrogen (secondary N) is 1. The lowest BCUT2D eigenvalue weighted by atomic mass is 10.2. The van der Waals surface area contributed by atoms with E-state index < -0.39 is 0 Å². The Hall–Kier alpha value is -1.35. The van der Waals surface area contributed by atoms with Crippen molar-refractivity contribution in [2.45, 2.75) is 25.4 Å². The van der Waals surface area contributed by atoms with Crippen molar-refractivity contribution in [2.24, 2.45) is 0 Å². The lowest BCUT2D eigenvalue weighted by molar-refractivity contribution is 0.538. The van der Waals surface area contributed by atoms with Crippen LogP contribution in [0.25, 0.3) is 0 Å². The minimum absolute atomic E-state index is 0.619. The Labute approximate surface area is 97.2 Å². The Kier molecular flexibility index (Phi) is 3.57. The fourth-order valence-electron chi connectivity index (χ4n) is 1.83. The van der Waals surface area contributed by atoms with Crippen molar-refractivity contribution in [3.8, 4) is 0 Å². The highest BCUT2D eigenvalue weighted by molar-refractivity contribution is 5.37. The normalized spacial score (nSPS) is 15.6. The van der Waals surface area contributed by atoms with Gasteiger partial charge in [0.2, 0.25) is 0 Å². The second-order valence-electron chi connectivity index (χ2n) is 4.44. The third-order valence-corrected chi connectivity index (χ3v) is 2.87. The van der Waals surface area contributed by atoms with E-state index in [4.69, 9.17) is 0 Å². The summed E-state index contributed by atoms with van der Waals surface area (Å²) in [5.41, 5.74) is 1.25. The molecule has 3 heteroatoms. The van der Waals surface area contributed by atoms with E-state index in [0.29, 0.717) is 6.04 Å². The molecule has 0 aromatic carbocycles. The molecule has 0 radical (unpaired) electrons. The summed E-state index contributed by atoms with van der Waals surface area (Å²) in [6.45, 7) is 0.910. The molecular weight excluding hydrogens is 198 g/mol. The van der Waals surface area contributed by atoms with Gasteiger partial charge in [0.25, 0.3) is 0 Å². The van der Waals surface area contributed by atoms with Crippen molar-refractivity contribution in [3.05, 3.63) is 36.0 Å². The van der Waals surface area contributed by atoms with E-state index >= 15 is 0 Å². The smallest absolute Gasteiger partial charge is 0.127 e. The number of rotatable bonds is 4. The summed E-state index contributed by atoms with van der Waals surface area (Å²) in [5, 5.41) is 3.53. The monoisotopic (exact) mass is 217 g/mol. The predicted molar refractivity (Wildman–Crippen MR) is 67.6 cm³/mol. The fourth-order valence-corrected chi connectivity index (χ4v) is 1.83. The number of hydrogen-bond acceptors (Lipinski definition) is 3. The summed E-state index contributed by atoms with van der Waals surface area (Å²) < 4.78 is 0. The minimum Gasteiger partial charge on any atom is -0.363 e. The molecule has 1 N–H and O–H groups in total. The number of pyridine rings is 1. The van der Waals surface area contributed by atoms with Gasteiger partial charge in [-0.25, -0.2) is 4.98 Å². The van der Waals surface area contributed by atoms with Gasteiger partial charge in [0.15, 0.2) is 0 Å². The van der Waals surface area contributed by atoms with Gasteiger partial charge in [0.1, 0.15) is 5.82 Å². The van der Waals surface area contributed by atoms with Crippen LogP contribution in [0.2, 0.25) is 0 Å². The molecule has 0 amide bonds. The van der Waals surface area contributed by atoms with Crippen LogP contribution < -0.4 is 10.2 Å². The summed E-state index contributed by atoms with van der Waals surface area (Å²) in [4.78, 5) is 6.41. The van der Waals surface area contributed by atoms with Crippen LogP contribution in [0.1, 0.15) is 18.4 Å². The first-order valence-electron chi connectivity index (χ1n) is 5.76. The van der Waals surface area contributed by atoms with Gasteiger partial charge in [0.05, 0.1) is 0 Å². The maximum Gasteiger partial charge on any atom is 0.127 e. The van der Waals surface area contributed by atoms with E-state index in [1.165, 1.54) is 5.56 Å². The Morgan fingerprint density at radius 3 is 2.62 bits per heavy atom. The summed E-state index contributed by atoms with van der Waals surface area (Å²) >= 11 is 0. The molecule has 0 fully saturated rings. The first kappa shape index (κ1) is 11.1. The molecule has 86 valence electrons. The SMILES string of the molecule is CN(C)c1ccc(CNC2CC=CC2)cn1. The van der Waals surface area contributed by atoms with Crippen LogP contribution in [0.15, 0.2) is 30.5 Å². The lowest BCUT2D eigenvalue weighted by Gasteiger charge is -2.13. The molecule has 0 unspecified atom stereocenters. The molecule has 3 nitrogen and oxygen atoms in total. The average molecular weight is 217 g/mol. The standard InChI is InChI=1S/C13H19N3/c1-16(2)13-8-7-11(10-15-13)9-14-12-5-3-4-6-12/h3-4,7-8,10,12,14H,5-6,9H2,1-2H3. The first-order chi connectivity index (χ1) is 7.75. The number of hydrogen-bond donors (Lipinski definition) is 1. The van der Waals surface area contributed by atoms with E-state index in [-0.39, 0.29) is 0 Å². The molecule has 0 atom stereocenters. The van der Waals surface area contributed by atoms with Crippen LogP contribution in [0.5, 0.6) is 0 Å². The second kappa shape index (κ2) is 5.12. The number of aromatic nitrogens is 1. The molecule has 1 aliphatic carbocycles. The van der Waals surface area contributed by atoms with Crippen LogP contribution in [-0.2, 0) is 6.54 Å². The molecule has 0 saturated heterocycles. The minimum atomic E-state index is 0.619. The van der Waals surface area contributed by atoms with Gasteiger partial charge >= 0.3 is 0 Å². The van der Waals surface area contributed by atoms with E-state index in [2.05, 4.69) is 34.6 Å². The Bertz CT molecular complexity index is 346. The maximum atomic E-state index is 4.39. The molecule has 1 aromatic heterocycles. The quantitative estimate of drug-likeness (QED) is 0.781. The molecule has 0 spiro atoms. The van der Waals surface area contributed by atoms with Gasteiger partial charge in [-0.1, -0.05) is 18.2 Å². The highest BCUT2D eigenvalue weighted by Gasteiger charge is 2.08. The average Bonchev–Trinajstić information content (AvgIpc) is 2.80. The number of nitrogens with zero attached hydrogens (tertiary/aromatic N) is 2. The Morgan fingerprint density at radius 1 is 1.31 bits per heavy atom. The zero-order valence-electron chi connectivity index (χ0n) is 9.98. The summed E-state index contributed by atoms with van der Waals surface area (Å²) in [6, 6.07) is 4.82. The van der Waals surface area contributed by atoms with Crippen LogP contribution >= 0.6 is 0 Å². The third kappa shape index (κ3) is 2.83. The van der Waals surface area contributed by atoms with Gasteiger partial charge in [0, 0.05) is 32.9 Å². The maximum absolute atomic E-state index is 4.39. The summed E-state index contributed by atoms with van der Waals surface area (Å²) in [5.74, 6) is 1.01. The topological polar surface area (TPSA) is 28.2 Å². The molecule has 2 rings (SSSR count). The molecule has 1 heterocycles. The lowest BCUT2D eigenvalue weighted by Crippen LogP contribution is -2.25. The van der Waals surface area contributed by atoms with Crippen LogP contribution in [0, 0.1) is 0 Å². The molecular formula is C13H19N3. The van der Waals surface area contributed by atoms with Crippen molar-refractivity contribution in [1.82, 2.24) is 10.3 Å². The fraction of sp³-hybridized carbons (Fsp3) is 0.462. The highest BCUT2D eigenvalue weighted by Crippen LogP contribution is 2.11. The predicted octanol–water partition coefficient (Wildman–Crippen LogP) is 1.96. The van der Waals surface area contributed by atoms with E-state index in [1.54, 1.807) is 0 Å². The molecule has 16 heavy (non-hydrogen) atoms. The summed E-state index contributed by atoms with van der Waals surface area (Å²) in [7, 11) is 4.01. The third-order valence-electron chi connectivity index (χ3n) is 2.87. The van der Waals surface area contributed by atoms with Crippen molar-refractivity contribution in [3.63, 3.8) is 0 Å². The molecule has 0 aliphatic heterocycles. The molecule has 1 aromatic rings. The Balaban J connectivity index is 1.85. The van der Waals surface area contributed by atoms with E-state index in [1.807, 2.05) is 25.2 Å². The van der Waals surface area contributed by atoms with Crippen molar-refractivity contribution in [2.75, 3.05) is 19.0 Å². The molecule has 1 aliphatic rings. The summed E-state index contributed by atoms with van der Waals surface area (Å²) in [6.07, 6.45) is 8.74. The van der Waals surface area contributed by atoms with Gasteiger partial charge < -0.3 is 10.2 Å². The van der Waals surface area contributed by atoms with Gasteiger partial charge in [-0.05, 0) is 24.5 Å². The van der Waals surface area contributed by atoms with E-state index in [0.717, 1.165) is 25.2 Å². The van der Waals surface area contributed by atoms with Gasteiger partial charge in [-0.3, -0.25) is 0 Å². The van der Waals surface area contributed by atoms with Gasteiger partial charge in [-0.15, -0.1) is 0 Å². The van der Waals surface area contributed by atoms with Crippen molar-refractivity contribution in [1.29, 1.82) is 0 Å². The van der Waals surface area contributed by atoms with Crippen LogP contribution in [0.3, 0.4) is 0 Å². The van der Waals surface area contributed by atoms with Gasteiger partial charge in [-0.2, -0.15) is 0 Å². The zero-order chi connectivity index (χ0) is 11.4. The highest BCUT2D eigenvalue weighted by atomic mass is 15.1. The van der Waals surface area contributed by atoms with Crippen LogP contribution in [0.4, 0.5) is 5.82 Å².